The molecule has 6 heteroatoms. The molecule has 1 aromatic carbocycles. The summed E-state index contributed by atoms with van der Waals surface area (Å²) >= 11 is 0. The first-order valence-corrected chi connectivity index (χ1v) is 7.02. The number of nitrogens with two attached hydrogens (primary N) is 1. The van der Waals surface area contributed by atoms with Crippen LogP contribution in [0.15, 0.2) is 30.5 Å². The molecule has 2 aromatic rings. The number of nitrogens with one attached hydrogen (secondary N) is 1. The number of amides is 1. The molecule has 0 unspecified atom stereocenters. The van der Waals surface area contributed by atoms with Gasteiger partial charge in [0.05, 0.1) is 17.2 Å². The quantitative estimate of drug-likeness (QED) is 0.890. The van der Waals surface area contributed by atoms with Gasteiger partial charge in [-0.2, -0.15) is 0 Å². The molecular formula is C15H19ClN4O. The number of nitrogens with zero attached hydrogens (tertiary/aromatic N) is 2. The van der Waals surface area contributed by atoms with Crippen molar-refractivity contribution in [2.75, 3.05) is 0 Å². The fourth-order valence-corrected chi connectivity index (χ4v) is 2.65. The Labute approximate surface area is 129 Å². The summed E-state index contributed by atoms with van der Waals surface area (Å²) in [6.07, 6.45) is 5.68. The first-order valence-electron chi connectivity index (χ1n) is 7.02. The Morgan fingerprint density at radius 3 is 2.67 bits per heavy atom. The minimum atomic E-state index is -0.189. The molecule has 0 radical (unpaired) electrons. The molecule has 0 spiro atoms. The highest BCUT2D eigenvalue weighted by Gasteiger charge is 2.24. The molecule has 1 heterocycles. The first-order chi connectivity index (χ1) is 9.74. The lowest BCUT2D eigenvalue weighted by Gasteiger charge is -2.29. The zero-order valence-corrected chi connectivity index (χ0v) is 12.5. The van der Waals surface area contributed by atoms with Crippen molar-refractivity contribution in [3.8, 4) is 0 Å². The molecule has 3 rings (SSSR count). The van der Waals surface area contributed by atoms with E-state index in [9.17, 15) is 4.79 Å². The molecule has 21 heavy (non-hydrogen) atoms. The number of halogens is 1. The van der Waals surface area contributed by atoms with E-state index < -0.39 is 0 Å². The molecule has 1 aromatic heterocycles. The summed E-state index contributed by atoms with van der Waals surface area (Å²) in [6, 6.07) is 7.60. The van der Waals surface area contributed by atoms with Gasteiger partial charge >= 0.3 is 0 Å². The van der Waals surface area contributed by atoms with Gasteiger partial charge in [0, 0.05) is 12.1 Å². The van der Waals surface area contributed by atoms with Crippen molar-refractivity contribution in [2.45, 2.75) is 37.8 Å². The molecule has 0 saturated heterocycles. The molecular weight excluding hydrogens is 288 g/mol. The van der Waals surface area contributed by atoms with Crippen molar-refractivity contribution in [3.05, 3.63) is 36.2 Å². The molecule has 1 amide bonds. The van der Waals surface area contributed by atoms with Crippen LogP contribution >= 0.6 is 12.4 Å². The van der Waals surface area contributed by atoms with Crippen LogP contribution in [0.25, 0.3) is 11.0 Å². The third kappa shape index (κ3) is 3.49. The van der Waals surface area contributed by atoms with E-state index in [1.165, 1.54) is 6.20 Å². The number of rotatable bonds is 2. The number of hydrogen-bond donors (Lipinski definition) is 2. The minimum Gasteiger partial charge on any atom is -0.346 e. The highest BCUT2D eigenvalue weighted by molar-refractivity contribution is 5.94. The van der Waals surface area contributed by atoms with Crippen molar-refractivity contribution in [1.82, 2.24) is 15.3 Å². The average Bonchev–Trinajstić information content (AvgIpc) is 2.49. The Hall–Kier alpha value is -1.72. The maximum Gasteiger partial charge on any atom is 0.271 e. The number of fused-ring (bicyclic) bond motifs is 1. The van der Waals surface area contributed by atoms with Gasteiger partial charge in [0.1, 0.15) is 5.69 Å². The van der Waals surface area contributed by atoms with Crippen molar-refractivity contribution in [3.63, 3.8) is 0 Å². The fraction of sp³-hybridized carbons (Fsp3) is 0.400. The standard InChI is InChI=1S/C15H18N4O.ClH/c16-10-5-1-2-6-11(10)19-15(20)14-9-17-12-7-3-4-8-13(12)18-14;/h3-4,7-11H,1-2,5-6,16H2,(H,19,20);1H/t10-,11-;/m1./s1. The van der Waals surface area contributed by atoms with E-state index in [2.05, 4.69) is 15.3 Å². The van der Waals surface area contributed by atoms with Crippen LogP contribution < -0.4 is 11.1 Å². The van der Waals surface area contributed by atoms with Gasteiger partial charge in [-0.15, -0.1) is 12.4 Å². The molecule has 1 aliphatic carbocycles. The maximum absolute atomic E-state index is 12.2. The van der Waals surface area contributed by atoms with Crippen LogP contribution in [0.3, 0.4) is 0 Å². The fourth-order valence-electron chi connectivity index (χ4n) is 2.65. The summed E-state index contributed by atoms with van der Waals surface area (Å²) in [7, 11) is 0. The molecule has 1 aliphatic rings. The lowest BCUT2D eigenvalue weighted by Crippen LogP contribution is -2.49. The topological polar surface area (TPSA) is 80.9 Å². The van der Waals surface area contributed by atoms with Crippen LogP contribution in [-0.2, 0) is 0 Å². The normalized spacial score (nSPS) is 21.6. The summed E-state index contributed by atoms with van der Waals surface area (Å²) in [5.74, 6) is -0.189. The second-order valence-electron chi connectivity index (χ2n) is 5.27. The van der Waals surface area contributed by atoms with E-state index in [0.717, 1.165) is 36.7 Å². The van der Waals surface area contributed by atoms with Crippen LogP contribution in [0.5, 0.6) is 0 Å². The number of benzene rings is 1. The average molecular weight is 307 g/mol. The van der Waals surface area contributed by atoms with Gasteiger partial charge in [-0.25, -0.2) is 4.98 Å². The minimum absolute atomic E-state index is 0. The largest absolute Gasteiger partial charge is 0.346 e. The monoisotopic (exact) mass is 306 g/mol. The number of aromatic nitrogens is 2. The van der Waals surface area contributed by atoms with Crippen LogP contribution in [-0.4, -0.2) is 28.0 Å². The highest BCUT2D eigenvalue weighted by atomic mass is 35.5. The number of para-hydroxylation sites is 2. The van der Waals surface area contributed by atoms with E-state index in [0.29, 0.717) is 5.69 Å². The van der Waals surface area contributed by atoms with Gasteiger partial charge in [-0.1, -0.05) is 25.0 Å². The number of carbonyl (C=O) groups is 1. The van der Waals surface area contributed by atoms with Crippen LogP contribution in [0.4, 0.5) is 0 Å². The van der Waals surface area contributed by atoms with Crippen LogP contribution in [0, 0.1) is 0 Å². The van der Waals surface area contributed by atoms with Gasteiger partial charge < -0.3 is 11.1 Å². The van der Waals surface area contributed by atoms with Crippen LogP contribution in [0.2, 0.25) is 0 Å². The predicted molar refractivity (Wildman–Crippen MR) is 84.5 cm³/mol. The second-order valence-corrected chi connectivity index (χ2v) is 5.27. The maximum atomic E-state index is 12.2. The highest BCUT2D eigenvalue weighted by Crippen LogP contribution is 2.17. The van der Waals surface area contributed by atoms with Crippen molar-refractivity contribution in [2.24, 2.45) is 5.73 Å². The third-order valence-corrected chi connectivity index (χ3v) is 3.82. The zero-order valence-electron chi connectivity index (χ0n) is 11.7. The van der Waals surface area contributed by atoms with Crippen LogP contribution in [0.1, 0.15) is 36.2 Å². The summed E-state index contributed by atoms with van der Waals surface area (Å²) < 4.78 is 0. The number of hydrogen-bond acceptors (Lipinski definition) is 4. The van der Waals surface area contributed by atoms with E-state index in [4.69, 9.17) is 5.73 Å². The smallest absolute Gasteiger partial charge is 0.271 e. The first kappa shape index (κ1) is 15.7. The molecule has 112 valence electrons. The SMILES string of the molecule is Cl.N[C@@H]1CCCC[C@H]1NC(=O)c1cnc2ccccc2n1. The summed E-state index contributed by atoms with van der Waals surface area (Å²) in [6.45, 7) is 0. The summed E-state index contributed by atoms with van der Waals surface area (Å²) in [5, 5.41) is 2.98. The van der Waals surface area contributed by atoms with Crippen molar-refractivity contribution >= 4 is 29.3 Å². The molecule has 1 fully saturated rings. The van der Waals surface area contributed by atoms with E-state index in [-0.39, 0.29) is 30.4 Å². The van der Waals surface area contributed by atoms with Gasteiger partial charge in [-0.3, -0.25) is 9.78 Å². The molecule has 2 atom stereocenters. The van der Waals surface area contributed by atoms with Crippen molar-refractivity contribution < 1.29 is 4.79 Å². The molecule has 3 N–H and O–H groups in total. The molecule has 0 bridgehead atoms. The Balaban J connectivity index is 0.00000161. The third-order valence-electron chi connectivity index (χ3n) is 3.82. The van der Waals surface area contributed by atoms with Gasteiger partial charge in [0.2, 0.25) is 0 Å². The second kappa shape index (κ2) is 6.83. The Morgan fingerprint density at radius 2 is 1.90 bits per heavy atom. The van der Waals surface area contributed by atoms with Gasteiger partial charge in [0.25, 0.3) is 5.91 Å². The zero-order chi connectivity index (χ0) is 13.9. The Bertz CT molecular complexity index is 634. The Morgan fingerprint density at radius 1 is 1.19 bits per heavy atom. The molecule has 5 nitrogen and oxygen atoms in total. The van der Waals surface area contributed by atoms with Gasteiger partial charge in [0.15, 0.2) is 0 Å². The van der Waals surface area contributed by atoms with E-state index in [1.807, 2.05) is 24.3 Å². The van der Waals surface area contributed by atoms with Gasteiger partial charge in [-0.05, 0) is 25.0 Å². The summed E-state index contributed by atoms with van der Waals surface area (Å²) in [4.78, 5) is 20.8. The lowest BCUT2D eigenvalue weighted by atomic mass is 9.91. The molecule has 1 saturated carbocycles. The van der Waals surface area contributed by atoms with E-state index in [1.54, 1.807) is 0 Å². The van der Waals surface area contributed by atoms with E-state index >= 15 is 0 Å². The summed E-state index contributed by atoms with van der Waals surface area (Å²) in [5.41, 5.74) is 7.91. The van der Waals surface area contributed by atoms with Crippen molar-refractivity contribution in [1.29, 1.82) is 0 Å². The predicted octanol–water partition coefficient (Wildman–Crippen LogP) is 2.05. The molecule has 0 aliphatic heterocycles. The number of carbonyl (C=O) groups excluding carboxylic acids is 1. The lowest BCUT2D eigenvalue weighted by molar-refractivity contribution is 0.0916. The Kier molecular flexibility index (Phi) is 5.09.